The van der Waals surface area contributed by atoms with Crippen molar-refractivity contribution in [2.24, 2.45) is 0 Å². The van der Waals surface area contributed by atoms with Gasteiger partial charge in [-0.15, -0.1) is 0 Å². The maximum atomic E-state index is 12.3. The quantitative estimate of drug-likeness (QED) is 0.751. The molecule has 0 aliphatic rings. The van der Waals surface area contributed by atoms with Crippen molar-refractivity contribution in [3.63, 3.8) is 0 Å². The first-order chi connectivity index (χ1) is 10.7. The molecule has 0 aliphatic heterocycles. The van der Waals surface area contributed by atoms with Crippen LogP contribution in [0.2, 0.25) is 0 Å². The summed E-state index contributed by atoms with van der Waals surface area (Å²) in [6, 6.07) is 18.1. The largest absolute Gasteiger partial charge is 0.394 e. The zero-order chi connectivity index (χ0) is 15.5. The van der Waals surface area contributed by atoms with Crippen molar-refractivity contribution in [2.75, 3.05) is 5.73 Å². The lowest BCUT2D eigenvalue weighted by atomic mass is 10.1. The van der Waals surface area contributed by atoms with E-state index < -0.39 is 5.56 Å². The maximum Gasteiger partial charge on any atom is 0.295 e. The minimum Gasteiger partial charge on any atom is -0.394 e. The van der Waals surface area contributed by atoms with Gasteiger partial charge in [0.25, 0.3) is 5.56 Å². The van der Waals surface area contributed by atoms with Crippen LogP contribution in [0.5, 0.6) is 0 Å². The lowest BCUT2D eigenvalue weighted by Crippen LogP contribution is -2.26. The fourth-order valence-corrected chi connectivity index (χ4v) is 2.23. The van der Waals surface area contributed by atoms with Gasteiger partial charge in [0, 0.05) is 5.56 Å². The van der Waals surface area contributed by atoms with Gasteiger partial charge < -0.3 is 5.73 Å². The van der Waals surface area contributed by atoms with Gasteiger partial charge in [-0.2, -0.15) is 9.78 Å². The summed E-state index contributed by atoms with van der Waals surface area (Å²) in [5.74, 6) is 0. The summed E-state index contributed by atoms with van der Waals surface area (Å²) in [7, 11) is 0. The molecule has 0 saturated carbocycles. The number of hydrogen-bond donors (Lipinski definition) is 1. The third kappa shape index (κ3) is 2.29. The van der Waals surface area contributed by atoms with E-state index in [1.54, 1.807) is 24.3 Å². The molecule has 2 N–H and O–H groups in total. The summed E-state index contributed by atoms with van der Waals surface area (Å²) in [6.45, 7) is 0. The molecule has 22 heavy (non-hydrogen) atoms. The second-order valence-electron chi connectivity index (χ2n) is 4.71. The Kier molecular flexibility index (Phi) is 3.53. The predicted molar refractivity (Wildman–Crippen MR) is 85.1 cm³/mol. The first kappa shape index (κ1) is 13.8. The van der Waals surface area contributed by atoms with Crippen molar-refractivity contribution in [3.05, 3.63) is 76.6 Å². The van der Waals surface area contributed by atoms with Crippen molar-refractivity contribution >= 4 is 12.0 Å². The molecular weight excluding hydrogens is 278 g/mol. The van der Waals surface area contributed by atoms with Crippen LogP contribution in [-0.4, -0.2) is 16.1 Å². The van der Waals surface area contributed by atoms with E-state index in [4.69, 9.17) is 5.73 Å². The number of nitrogen functional groups attached to an aromatic ring is 1. The average molecular weight is 291 g/mol. The third-order valence-electron chi connectivity index (χ3n) is 3.33. The van der Waals surface area contributed by atoms with Crippen LogP contribution in [0.4, 0.5) is 5.69 Å². The first-order valence-electron chi connectivity index (χ1n) is 6.71. The summed E-state index contributed by atoms with van der Waals surface area (Å²) in [6.07, 6.45) is 0.571. The van der Waals surface area contributed by atoms with Gasteiger partial charge in [-0.3, -0.25) is 9.59 Å². The van der Waals surface area contributed by atoms with Crippen molar-refractivity contribution in [2.45, 2.75) is 0 Å². The van der Waals surface area contributed by atoms with E-state index in [-0.39, 0.29) is 11.3 Å². The van der Waals surface area contributed by atoms with Gasteiger partial charge >= 0.3 is 0 Å². The van der Waals surface area contributed by atoms with Crippen LogP contribution in [0.25, 0.3) is 16.9 Å². The lowest BCUT2D eigenvalue weighted by molar-refractivity contribution is 0.112. The molecule has 0 spiro atoms. The number of para-hydroxylation sites is 1. The predicted octanol–water partition coefficient (Wildman–Crippen LogP) is 2.29. The highest BCUT2D eigenvalue weighted by Gasteiger charge is 2.16. The van der Waals surface area contributed by atoms with E-state index in [1.807, 2.05) is 36.4 Å². The molecule has 1 aromatic heterocycles. The van der Waals surface area contributed by atoms with Crippen LogP contribution in [0, 0.1) is 0 Å². The topological polar surface area (TPSA) is 78.0 Å². The molecule has 0 aliphatic carbocycles. The molecule has 0 radical (unpaired) electrons. The summed E-state index contributed by atoms with van der Waals surface area (Å²) in [5.41, 5.74) is 7.07. The number of carbonyl (C=O) groups is 1. The fraction of sp³-hybridized carbons (Fsp3) is 0. The molecule has 1 heterocycles. The van der Waals surface area contributed by atoms with Gasteiger partial charge in [0.2, 0.25) is 0 Å². The van der Waals surface area contributed by atoms with Gasteiger partial charge in [0.1, 0.15) is 11.4 Å². The molecule has 0 saturated heterocycles. The smallest absolute Gasteiger partial charge is 0.295 e. The zero-order valence-electron chi connectivity index (χ0n) is 11.6. The molecule has 0 fully saturated rings. The Morgan fingerprint density at radius 3 is 2.14 bits per heavy atom. The van der Waals surface area contributed by atoms with Crippen molar-refractivity contribution in [1.82, 2.24) is 9.78 Å². The minimum absolute atomic E-state index is 0.104. The molecule has 3 rings (SSSR count). The number of hydrogen-bond acceptors (Lipinski definition) is 4. The van der Waals surface area contributed by atoms with Crippen LogP contribution in [0.3, 0.4) is 0 Å². The Morgan fingerprint density at radius 2 is 1.55 bits per heavy atom. The molecular formula is C17H13N3O2. The molecule has 5 heteroatoms. The monoisotopic (exact) mass is 291 g/mol. The number of nitrogens with zero attached hydrogens (tertiary/aromatic N) is 2. The van der Waals surface area contributed by atoms with Gasteiger partial charge in [-0.25, -0.2) is 0 Å². The number of nitrogens with two attached hydrogens (primary N) is 1. The Bertz CT molecular complexity index is 872. The van der Waals surface area contributed by atoms with Crippen molar-refractivity contribution in [1.29, 1.82) is 0 Å². The van der Waals surface area contributed by atoms with Crippen LogP contribution in [-0.2, 0) is 0 Å². The van der Waals surface area contributed by atoms with E-state index in [1.165, 1.54) is 4.68 Å². The number of anilines is 1. The second-order valence-corrected chi connectivity index (χ2v) is 4.71. The molecule has 108 valence electrons. The van der Waals surface area contributed by atoms with Gasteiger partial charge in [0.05, 0.1) is 11.3 Å². The van der Waals surface area contributed by atoms with Crippen molar-refractivity contribution in [3.8, 4) is 16.9 Å². The molecule has 0 atom stereocenters. The standard InChI is InChI=1S/C17H13N3O2/c18-15-14(11-21)16(12-7-3-1-4-8-12)19-20(17(15)22)13-9-5-2-6-10-13/h1-11H,18H2. The van der Waals surface area contributed by atoms with E-state index in [0.29, 0.717) is 17.7 Å². The third-order valence-corrected chi connectivity index (χ3v) is 3.33. The van der Waals surface area contributed by atoms with E-state index >= 15 is 0 Å². The number of aromatic nitrogens is 2. The first-order valence-corrected chi connectivity index (χ1v) is 6.71. The average Bonchev–Trinajstić information content (AvgIpc) is 2.58. The minimum atomic E-state index is -0.506. The van der Waals surface area contributed by atoms with Crippen molar-refractivity contribution < 1.29 is 4.79 Å². The number of aldehydes is 1. The summed E-state index contributed by atoms with van der Waals surface area (Å²) in [5, 5.41) is 4.34. The van der Waals surface area contributed by atoms with Crippen LogP contribution < -0.4 is 11.3 Å². The highest BCUT2D eigenvalue weighted by atomic mass is 16.1. The summed E-state index contributed by atoms with van der Waals surface area (Å²) >= 11 is 0. The van der Waals surface area contributed by atoms with Gasteiger partial charge in [-0.1, -0.05) is 48.5 Å². The SMILES string of the molecule is Nc1c(C=O)c(-c2ccccc2)nn(-c2ccccc2)c1=O. The van der Waals surface area contributed by atoms with Crippen LogP contribution in [0.15, 0.2) is 65.5 Å². The van der Waals surface area contributed by atoms with E-state index in [0.717, 1.165) is 5.56 Å². The Balaban J connectivity index is 2.33. The molecule has 0 unspecified atom stereocenters. The summed E-state index contributed by atoms with van der Waals surface area (Å²) in [4.78, 5) is 23.7. The Labute approximate surface area is 126 Å². The number of benzene rings is 2. The Hall–Kier alpha value is -3.21. The lowest BCUT2D eigenvalue weighted by Gasteiger charge is -2.11. The molecule has 0 amide bonds. The number of rotatable bonds is 3. The van der Waals surface area contributed by atoms with Crippen LogP contribution >= 0.6 is 0 Å². The zero-order valence-corrected chi connectivity index (χ0v) is 11.6. The second kappa shape index (κ2) is 5.65. The molecule has 3 aromatic rings. The van der Waals surface area contributed by atoms with E-state index in [9.17, 15) is 9.59 Å². The summed E-state index contributed by atoms with van der Waals surface area (Å²) < 4.78 is 1.21. The molecule has 5 nitrogen and oxygen atoms in total. The highest BCUT2D eigenvalue weighted by Crippen LogP contribution is 2.22. The molecule has 0 bridgehead atoms. The highest BCUT2D eigenvalue weighted by molar-refractivity contribution is 5.91. The van der Waals surface area contributed by atoms with E-state index in [2.05, 4.69) is 5.10 Å². The fourth-order valence-electron chi connectivity index (χ4n) is 2.23. The number of carbonyl (C=O) groups excluding carboxylic acids is 1. The molecule has 2 aromatic carbocycles. The maximum absolute atomic E-state index is 12.3. The van der Waals surface area contributed by atoms with Gasteiger partial charge in [0.15, 0.2) is 6.29 Å². The van der Waals surface area contributed by atoms with Crippen LogP contribution in [0.1, 0.15) is 10.4 Å². The van der Waals surface area contributed by atoms with Gasteiger partial charge in [-0.05, 0) is 12.1 Å². The normalized spacial score (nSPS) is 10.4. The Morgan fingerprint density at radius 1 is 0.955 bits per heavy atom.